The number of halogens is 1. The van der Waals surface area contributed by atoms with E-state index < -0.39 is 0 Å². The molecule has 2 heteroatoms. The summed E-state index contributed by atoms with van der Waals surface area (Å²) < 4.78 is 13.3. The van der Waals surface area contributed by atoms with Crippen molar-refractivity contribution < 1.29 is 9.18 Å². The first-order chi connectivity index (χ1) is 6.11. The molecule has 1 aromatic carbocycles. The van der Waals surface area contributed by atoms with E-state index in [0.29, 0.717) is 11.1 Å². The lowest BCUT2D eigenvalue weighted by Gasteiger charge is -1.98. The Labute approximate surface area is 76.9 Å². The van der Waals surface area contributed by atoms with Gasteiger partial charge in [-0.25, -0.2) is 4.39 Å². The minimum atomic E-state index is -0.264. The Bertz CT molecular complexity index is 353. The van der Waals surface area contributed by atoms with Gasteiger partial charge in [0.1, 0.15) is 5.82 Å². The minimum Gasteiger partial charge on any atom is -0.295 e. The van der Waals surface area contributed by atoms with Crippen molar-refractivity contribution in [3.63, 3.8) is 0 Å². The number of ketones is 1. The van der Waals surface area contributed by atoms with Crippen molar-refractivity contribution in [2.75, 3.05) is 0 Å². The molecule has 0 aliphatic heterocycles. The topological polar surface area (TPSA) is 17.1 Å². The predicted octanol–water partition coefficient (Wildman–Crippen LogP) is 2.74. The van der Waals surface area contributed by atoms with Crippen molar-refractivity contribution in [2.24, 2.45) is 0 Å². The first-order valence-electron chi connectivity index (χ1n) is 4.05. The average molecular weight is 178 g/mol. The number of allylic oxidation sites excluding steroid dienone is 1. The van der Waals surface area contributed by atoms with E-state index >= 15 is 0 Å². The summed E-state index contributed by atoms with van der Waals surface area (Å²) in [6.45, 7) is 3.13. The molecule has 0 amide bonds. The predicted molar refractivity (Wildman–Crippen MR) is 50.9 cm³/mol. The Morgan fingerprint density at radius 3 is 2.77 bits per heavy atom. The van der Waals surface area contributed by atoms with E-state index in [1.807, 2.05) is 0 Å². The van der Waals surface area contributed by atoms with Crippen LogP contribution in [0, 0.1) is 12.7 Å². The maximum atomic E-state index is 13.3. The summed E-state index contributed by atoms with van der Waals surface area (Å²) in [5, 5.41) is 0. The van der Waals surface area contributed by atoms with Crippen LogP contribution in [0.2, 0.25) is 0 Å². The molecule has 0 radical (unpaired) electrons. The van der Waals surface area contributed by atoms with Gasteiger partial charge >= 0.3 is 0 Å². The van der Waals surface area contributed by atoms with Crippen LogP contribution in [0.25, 0.3) is 6.08 Å². The molecule has 0 spiro atoms. The Balaban J connectivity index is 3.02. The molecule has 1 rings (SSSR count). The summed E-state index contributed by atoms with van der Waals surface area (Å²) in [6.07, 6.45) is 2.85. The number of benzene rings is 1. The molecule has 13 heavy (non-hydrogen) atoms. The largest absolute Gasteiger partial charge is 0.295 e. The number of hydrogen-bond acceptors (Lipinski definition) is 1. The first kappa shape index (κ1) is 9.65. The second kappa shape index (κ2) is 3.99. The monoisotopic (exact) mass is 178 g/mol. The van der Waals surface area contributed by atoms with E-state index in [0.717, 1.165) is 0 Å². The van der Waals surface area contributed by atoms with Crippen LogP contribution < -0.4 is 0 Å². The van der Waals surface area contributed by atoms with Crippen molar-refractivity contribution in [3.8, 4) is 0 Å². The van der Waals surface area contributed by atoms with Crippen LogP contribution in [-0.4, -0.2) is 5.78 Å². The van der Waals surface area contributed by atoms with Gasteiger partial charge in [0, 0.05) is 5.56 Å². The molecule has 0 fully saturated rings. The standard InChI is InChI=1S/C11H11FO/c1-8-4-3-5-10(11(8)12)7-6-9(2)13/h3-7H,1-2H3/b7-6+. The number of carbonyl (C=O) groups is 1. The molecule has 0 atom stereocenters. The number of rotatable bonds is 2. The SMILES string of the molecule is CC(=O)/C=C/c1cccc(C)c1F. The van der Waals surface area contributed by atoms with Crippen LogP contribution in [0.5, 0.6) is 0 Å². The molecular weight excluding hydrogens is 167 g/mol. The van der Waals surface area contributed by atoms with E-state index in [1.54, 1.807) is 25.1 Å². The highest BCUT2D eigenvalue weighted by Crippen LogP contribution is 2.13. The van der Waals surface area contributed by atoms with Gasteiger partial charge in [-0.05, 0) is 31.6 Å². The maximum Gasteiger partial charge on any atom is 0.152 e. The fraction of sp³-hybridized carbons (Fsp3) is 0.182. The van der Waals surface area contributed by atoms with Crippen molar-refractivity contribution >= 4 is 11.9 Å². The number of hydrogen-bond donors (Lipinski definition) is 0. The number of carbonyl (C=O) groups excluding carboxylic acids is 1. The van der Waals surface area contributed by atoms with Crippen LogP contribution in [0.3, 0.4) is 0 Å². The smallest absolute Gasteiger partial charge is 0.152 e. The fourth-order valence-electron chi connectivity index (χ4n) is 1.01. The zero-order valence-corrected chi connectivity index (χ0v) is 7.67. The quantitative estimate of drug-likeness (QED) is 0.636. The van der Waals surface area contributed by atoms with Gasteiger partial charge in [-0.3, -0.25) is 4.79 Å². The van der Waals surface area contributed by atoms with Gasteiger partial charge in [-0.1, -0.05) is 18.2 Å². The van der Waals surface area contributed by atoms with Crippen LogP contribution in [0.15, 0.2) is 24.3 Å². The summed E-state index contributed by atoms with van der Waals surface area (Å²) >= 11 is 0. The Morgan fingerprint density at radius 1 is 1.46 bits per heavy atom. The van der Waals surface area contributed by atoms with Crippen molar-refractivity contribution in [1.82, 2.24) is 0 Å². The van der Waals surface area contributed by atoms with Gasteiger partial charge < -0.3 is 0 Å². The molecule has 0 N–H and O–H groups in total. The lowest BCUT2D eigenvalue weighted by molar-refractivity contribution is -0.112. The van der Waals surface area contributed by atoms with Gasteiger partial charge in [0.25, 0.3) is 0 Å². The maximum absolute atomic E-state index is 13.3. The van der Waals surface area contributed by atoms with Gasteiger partial charge in [0.05, 0.1) is 0 Å². The molecule has 0 saturated carbocycles. The van der Waals surface area contributed by atoms with Crippen molar-refractivity contribution in [3.05, 3.63) is 41.2 Å². The zero-order chi connectivity index (χ0) is 9.84. The van der Waals surface area contributed by atoms with Crippen LogP contribution >= 0.6 is 0 Å². The molecule has 1 aromatic rings. The molecule has 1 nitrogen and oxygen atoms in total. The summed E-state index contributed by atoms with van der Waals surface area (Å²) in [6, 6.07) is 5.10. The lowest BCUT2D eigenvalue weighted by atomic mass is 10.1. The van der Waals surface area contributed by atoms with Gasteiger partial charge in [0.15, 0.2) is 5.78 Å². The molecule has 0 heterocycles. The second-order valence-corrected chi connectivity index (χ2v) is 2.92. The van der Waals surface area contributed by atoms with Crippen LogP contribution in [0.4, 0.5) is 4.39 Å². The van der Waals surface area contributed by atoms with Crippen LogP contribution in [0.1, 0.15) is 18.1 Å². The minimum absolute atomic E-state index is 0.0825. The Hall–Kier alpha value is -1.44. The highest BCUT2D eigenvalue weighted by Gasteiger charge is 2.00. The van der Waals surface area contributed by atoms with E-state index in [4.69, 9.17) is 0 Å². The highest BCUT2D eigenvalue weighted by molar-refractivity contribution is 5.91. The molecule has 0 bridgehead atoms. The summed E-state index contributed by atoms with van der Waals surface area (Å²) in [5.74, 6) is -0.346. The molecule has 0 aliphatic rings. The molecule has 68 valence electrons. The summed E-state index contributed by atoms with van der Waals surface area (Å²) in [5.41, 5.74) is 1.04. The molecule has 0 saturated heterocycles. The molecular formula is C11H11FO. The Kier molecular flexibility index (Phi) is 2.96. The normalized spacial score (nSPS) is 10.7. The lowest BCUT2D eigenvalue weighted by Crippen LogP contribution is -1.87. The van der Waals surface area contributed by atoms with Crippen LogP contribution in [-0.2, 0) is 4.79 Å². The summed E-state index contributed by atoms with van der Waals surface area (Å²) in [7, 11) is 0. The number of aryl methyl sites for hydroxylation is 1. The van der Waals surface area contributed by atoms with Crippen molar-refractivity contribution in [2.45, 2.75) is 13.8 Å². The molecule has 0 aliphatic carbocycles. The third-order valence-corrected chi connectivity index (χ3v) is 1.72. The second-order valence-electron chi connectivity index (χ2n) is 2.92. The molecule has 0 unspecified atom stereocenters. The van der Waals surface area contributed by atoms with Crippen molar-refractivity contribution in [1.29, 1.82) is 0 Å². The van der Waals surface area contributed by atoms with Gasteiger partial charge in [-0.15, -0.1) is 0 Å². The van der Waals surface area contributed by atoms with E-state index in [-0.39, 0.29) is 11.6 Å². The summed E-state index contributed by atoms with van der Waals surface area (Å²) in [4.78, 5) is 10.6. The first-order valence-corrected chi connectivity index (χ1v) is 4.05. The highest BCUT2D eigenvalue weighted by atomic mass is 19.1. The van der Waals surface area contributed by atoms with E-state index in [9.17, 15) is 9.18 Å². The third-order valence-electron chi connectivity index (χ3n) is 1.72. The third kappa shape index (κ3) is 2.51. The average Bonchev–Trinajstić information content (AvgIpc) is 2.07. The molecule has 0 aromatic heterocycles. The van der Waals surface area contributed by atoms with E-state index in [2.05, 4.69) is 0 Å². The fourth-order valence-corrected chi connectivity index (χ4v) is 1.01. The van der Waals surface area contributed by atoms with E-state index in [1.165, 1.54) is 19.1 Å². The van der Waals surface area contributed by atoms with Gasteiger partial charge in [0.2, 0.25) is 0 Å². The van der Waals surface area contributed by atoms with Gasteiger partial charge in [-0.2, -0.15) is 0 Å². The zero-order valence-electron chi connectivity index (χ0n) is 7.67. The Morgan fingerprint density at radius 2 is 2.15 bits per heavy atom.